The van der Waals surface area contributed by atoms with Crippen molar-refractivity contribution in [1.29, 1.82) is 0 Å². The van der Waals surface area contributed by atoms with E-state index in [9.17, 15) is 17.8 Å². The second-order valence-electron chi connectivity index (χ2n) is 9.11. The number of benzene rings is 2. The van der Waals surface area contributed by atoms with Crippen molar-refractivity contribution in [2.45, 2.75) is 50.0 Å². The fourth-order valence-corrected chi connectivity index (χ4v) is 6.44. The van der Waals surface area contributed by atoms with E-state index in [4.69, 9.17) is 21.1 Å². The zero-order chi connectivity index (χ0) is 23.5. The van der Waals surface area contributed by atoms with Crippen LogP contribution in [0.5, 0.6) is 11.5 Å². The highest BCUT2D eigenvalue weighted by Gasteiger charge is 2.47. The molecular formula is C24H26ClNO6S. The molecule has 1 N–H and O–H groups in total. The van der Waals surface area contributed by atoms with Crippen LogP contribution in [0.3, 0.4) is 0 Å². The predicted molar refractivity (Wildman–Crippen MR) is 123 cm³/mol. The summed E-state index contributed by atoms with van der Waals surface area (Å²) in [6, 6.07) is 6.42. The molecule has 0 bridgehead atoms. The summed E-state index contributed by atoms with van der Waals surface area (Å²) in [5.41, 5.74) is 3.12. The summed E-state index contributed by atoms with van der Waals surface area (Å²) in [5.74, 6) is 0.657. The van der Waals surface area contributed by atoms with Gasteiger partial charge in [0.2, 0.25) is 6.79 Å². The van der Waals surface area contributed by atoms with E-state index in [0.717, 1.165) is 29.7 Å². The number of nitrogens with zero attached hydrogens (tertiary/aromatic N) is 1. The summed E-state index contributed by atoms with van der Waals surface area (Å²) >= 11 is 6.57. The number of hydrogen-bond donors (Lipinski definition) is 1. The van der Waals surface area contributed by atoms with Crippen LogP contribution >= 0.6 is 11.6 Å². The molecule has 2 heterocycles. The number of piperidine rings is 1. The Morgan fingerprint density at radius 1 is 1.24 bits per heavy atom. The Hall–Kier alpha value is -2.13. The van der Waals surface area contributed by atoms with Gasteiger partial charge in [-0.05, 0) is 67.5 Å². The van der Waals surface area contributed by atoms with Crippen molar-refractivity contribution in [1.82, 2.24) is 4.90 Å². The summed E-state index contributed by atoms with van der Waals surface area (Å²) < 4.78 is 44.2. The van der Waals surface area contributed by atoms with Crippen molar-refractivity contribution in [3.63, 3.8) is 0 Å². The Morgan fingerprint density at radius 2 is 2.03 bits per heavy atom. The maximum atomic E-state index is 13.8. The van der Waals surface area contributed by atoms with Crippen LogP contribution in [0.2, 0.25) is 5.02 Å². The first-order valence-corrected chi connectivity index (χ1v) is 13.0. The van der Waals surface area contributed by atoms with Crippen LogP contribution in [-0.2, 0) is 16.5 Å². The highest BCUT2D eigenvalue weighted by Crippen LogP contribution is 2.49. The first-order chi connectivity index (χ1) is 15.7. The molecule has 1 fully saturated rings. The van der Waals surface area contributed by atoms with Gasteiger partial charge < -0.3 is 9.47 Å². The van der Waals surface area contributed by atoms with Crippen LogP contribution in [0.25, 0.3) is 0 Å². The lowest BCUT2D eigenvalue weighted by Gasteiger charge is -2.47. The highest BCUT2D eigenvalue weighted by molar-refractivity contribution is 7.85. The Bertz CT molecular complexity index is 1240. The van der Waals surface area contributed by atoms with Crippen LogP contribution in [0, 0.1) is 12.8 Å². The van der Waals surface area contributed by atoms with Gasteiger partial charge in [0.1, 0.15) is 0 Å². The zero-order valence-corrected chi connectivity index (χ0v) is 20.1. The molecule has 7 nitrogen and oxygen atoms in total. The van der Waals surface area contributed by atoms with E-state index in [-0.39, 0.29) is 35.3 Å². The minimum Gasteiger partial charge on any atom is -0.454 e. The van der Waals surface area contributed by atoms with Gasteiger partial charge in [-0.1, -0.05) is 24.6 Å². The number of aryl methyl sites for hydroxylation is 1. The Balaban J connectivity index is 1.57. The lowest BCUT2D eigenvalue weighted by atomic mass is 9.70. The summed E-state index contributed by atoms with van der Waals surface area (Å²) in [6.45, 7) is 5.62. The lowest BCUT2D eigenvalue weighted by molar-refractivity contribution is 0.0520. The average molecular weight is 492 g/mol. The monoisotopic (exact) mass is 491 g/mol. The number of carbonyl (C=O) groups is 1. The van der Waals surface area contributed by atoms with Crippen molar-refractivity contribution in [3.8, 4) is 11.5 Å². The molecule has 9 heteroatoms. The fraction of sp³-hybridized carbons (Fsp3) is 0.458. The number of fused-ring (bicyclic) bond motifs is 4. The first kappa shape index (κ1) is 22.7. The quantitative estimate of drug-likeness (QED) is 0.639. The normalized spacial score (nSPS) is 24.5. The van der Waals surface area contributed by atoms with Gasteiger partial charge >= 0.3 is 0 Å². The van der Waals surface area contributed by atoms with Crippen molar-refractivity contribution in [2.75, 3.05) is 19.9 Å². The van der Waals surface area contributed by atoms with Crippen molar-refractivity contribution < 1.29 is 27.2 Å². The van der Waals surface area contributed by atoms with Gasteiger partial charge in [-0.2, -0.15) is 8.42 Å². The number of hydrogen-bond acceptors (Lipinski definition) is 6. The molecule has 2 aromatic carbocycles. The maximum absolute atomic E-state index is 13.8. The third-order valence-electron chi connectivity index (χ3n) is 7.14. The third kappa shape index (κ3) is 3.83. The highest BCUT2D eigenvalue weighted by atomic mass is 35.5. The average Bonchev–Trinajstić information content (AvgIpc) is 3.22. The molecule has 5 rings (SSSR count). The largest absolute Gasteiger partial charge is 0.454 e. The van der Waals surface area contributed by atoms with E-state index >= 15 is 0 Å². The predicted octanol–water partition coefficient (Wildman–Crippen LogP) is 4.25. The van der Waals surface area contributed by atoms with Crippen molar-refractivity contribution in [2.24, 2.45) is 5.92 Å². The van der Waals surface area contributed by atoms with Gasteiger partial charge in [-0.25, -0.2) is 0 Å². The number of Topliss-reactive ketones (excluding diaryl/α,β-unsaturated/α-hetero) is 1. The Morgan fingerprint density at radius 3 is 2.76 bits per heavy atom. The van der Waals surface area contributed by atoms with Gasteiger partial charge in [0.05, 0.1) is 10.5 Å². The van der Waals surface area contributed by atoms with E-state index in [1.54, 1.807) is 18.2 Å². The van der Waals surface area contributed by atoms with Crippen molar-refractivity contribution in [3.05, 3.63) is 51.5 Å². The molecule has 0 radical (unpaired) electrons. The Kier molecular flexibility index (Phi) is 5.68. The number of halogens is 1. The molecule has 3 aliphatic rings. The molecule has 2 aromatic rings. The second kappa shape index (κ2) is 8.27. The van der Waals surface area contributed by atoms with Gasteiger partial charge in [0.25, 0.3) is 10.1 Å². The SMILES string of the molecule is CCCN1CC(c2cc(S(=O)(=O)O)ccc2C)C[C@@H]2C(=O)c3c(c(Cl)cc4c3OCO4)C[C@H]21. The standard InChI is InChI=1S/C24H26ClNO6S/c1-3-6-26-11-14(16-8-15(33(28,29)30)5-4-13(16)2)7-18-20(26)9-17-19(25)10-21-24(32-12-31-21)22(17)23(18)27/h4-5,8,10,14,18,20H,3,6-7,9,11-12H2,1-2H3,(H,28,29,30)/t14?,18-,20+/m0/s1. The molecule has 33 heavy (non-hydrogen) atoms. The summed E-state index contributed by atoms with van der Waals surface area (Å²) in [4.78, 5) is 16.1. The second-order valence-corrected chi connectivity index (χ2v) is 10.9. The minimum absolute atomic E-state index is 0.000101. The molecule has 3 atom stereocenters. The molecule has 1 saturated heterocycles. The number of likely N-dealkylation sites (tertiary alicyclic amines) is 1. The Labute approximate surface area is 198 Å². The van der Waals surface area contributed by atoms with Gasteiger partial charge in [0.15, 0.2) is 17.3 Å². The smallest absolute Gasteiger partial charge is 0.294 e. The molecular weight excluding hydrogens is 466 g/mol. The van der Waals surface area contributed by atoms with E-state index in [0.29, 0.717) is 41.5 Å². The van der Waals surface area contributed by atoms with Crippen LogP contribution in [0.15, 0.2) is 29.2 Å². The van der Waals surface area contributed by atoms with Gasteiger partial charge in [0, 0.05) is 29.6 Å². The summed E-state index contributed by atoms with van der Waals surface area (Å²) in [6.07, 6.45) is 2.16. The molecule has 1 unspecified atom stereocenters. The van der Waals surface area contributed by atoms with Crippen LogP contribution < -0.4 is 9.47 Å². The number of ketones is 1. The van der Waals surface area contributed by atoms with E-state index in [1.807, 2.05) is 6.92 Å². The lowest BCUT2D eigenvalue weighted by Crippen LogP contribution is -2.54. The minimum atomic E-state index is -4.32. The van der Waals surface area contributed by atoms with E-state index in [2.05, 4.69) is 11.8 Å². The van der Waals surface area contributed by atoms with E-state index in [1.165, 1.54) is 6.07 Å². The van der Waals surface area contributed by atoms with Crippen LogP contribution in [0.1, 0.15) is 52.7 Å². The summed E-state index contributed by atoms with van der Waals surface area (Å²) in [5, 5.41) is 0.524. The number of rotatable bonds is 4. The molecule has 0 spiro atoms. The van der Waals surface area contributed by atoms with Gasteiger partial charge in [-0.15, -0.1) is 0 Å². The van der Waals surface area contributed by atoms with Gasteiger partial charge in [-0.3, -0.25) is 14.2 Å². The number of carbonyl (C=O) groups excluding carboxylic acids is 1. The topological polar surface area (TPSA) is 93.1 Å². The third-order valence-corrected chi connectivity index (χ3v) is 8.33. The molecule has 0 saturated carbocycles. The maximum Gasteiger partial charge on any atom is 0.294 e. The zero-order valence-electron chi connectivity index (χ0n) is 18.5. The molecule has 0 aromatic heterocycles. The summed E-state index contributed by atoms with van der Waals surface area (Å²) in [7, 11) is -4.32. The van der Waals surface area contributed by atoms with Crippen LogP contribution in [0.4, 0.5) is 0 Å². The first-order valence-electron chi connectivity index (χ1n) is 11.2. The molecule has 2 aliphatic heterocycles. The van der Waals surface area contributed by atoms with Crippen LogP contribution in [-0.4, -0.2) is 49.6 Å². The number of ether oxygens (including phenoxy) is 2. The molecule has 1 aliphatic carbocycles. The van der Waals surface area contributed by atoms with Crippen molar-refractivity contribution >= 4 is 27.5 Å². The molecule has 176 valence electrons. The fourth-order valence-electron chi connectivity index (χ4n) is 5.66. The van der Waals surface area contributed by atoms with E-state index < -0.39 is 10.1 Å². The molecule has 0 amide bonds.